The molecule has 2 atom stereocenters. The Hall–Kier alpha value is -1.70. The lowest BCUT2D eigenvalue weighted by Crippen LogP contribution is -2.33. The van der Waals surface area contributed by atoms with E-state index in [1.807, 2.05) is 0 Å². The molecule has 0 aliphatic heterocycles. The van der Waals surface area contributed by atoms with Gasteiger partial charge < -0.3 is 9.84 Å². The Kier molecular flexibility index (Phi) is 16.9. The zero-order valence-electron chi connectivity index (χ0n) is 16.5. The molecule has 0 heterocycles. The Morgan fingerprint density at radius 1 is 1.04 bits per heavy atom. The summed E-state index contributed by atoms with van der Waals surface area (Å²) in [6.45, 7) is 3.96. The SMILES string of the molecule is CCC#CCCCCCCCCCCC[C@@H](O)[C@@H](N=[N+]=[N-])C(=O)OCC. The first-order valence-corrected chi connectivity index (χ1v) is 10.0. The summed E-state index contributed by atoms with van der Waals surface area (Å²) in [6.07, 6.45) is 11.9. The van der Waals surface area contributed by atoms with Crippen LogP contribution in [0, 0.1) is 11.8 Å². The molecule has 0 aromatic rings. The highest BCUT2D eigenvalue weighted by Crippen LogP contribution is 2.14. The zero-order valence-corrected chi connectivity index (χ0v) is 16.5. The second-order valence-corrected chi connectivity index (χ2v) is 6.40. The Bertz CT molecular complexity index is 465. The van der Waals surface area contributed by atoms with Crippen LogP contribution < -0.4 is 0 Å². The van der Waals surface area contributed by atoms with Crippen molar-refractivity contribution in [2.75, 3.05) is 6.61 Å². The summed E-state index contributed by atoms with van der Waals surface area (Å²) in [5.74, 6) is 5.62. The van der Waals surface area contributed by atoms with Crippen LogP contribution in [-0.2, 0) is 9.53 Å². The molecule has 0 unspecified atom stereocenters. The van der Waals surface area contributed by atoms with E-state index in [-0.39, 0.29) is 6.61 Å². The minimum absolute atomic E-state index is 0.204. The van der Waals surface area contributed by atoms with Crippen molar-refractivity contribution in [2.24, 2.45) is 5.11 Å². The van der Waals surface area contributed by atoms with E-state index in [1.54, 1.807) is 6.92 Å². The third-order valence-corrected chi connectivity index (χ3v) is 4.17. The Labute approximate surface area is 158 Å². The van der Waals surface area contributed by atoms with E-state index < -0.39 is 18.1 Å². The van der Waals surface area contributed by atoms with Gasteiger partial charge in [-0.1, -0.05) is 63.4 Å². The van der Waals surface area contributed by atoms with Crippen molar-refractivity contribution in [3.05, 3.63) is 10.4 Å². The fraction of sp³-hybridized carbons (Fsp3) is 0.850. The Morgan fingerprint density at radius 2 is 1.62 bits per heavy atom. The molecule has 0 radical (unpaired) electrons. The van der Waals surface area contributed by atoms with Gasteiger partial charge in [-0.3, -0.25) is 4.79 Å². The van der Waals surface area contributed by atoms with E-state index in [0.717, 1.165) is 32.1 Å². The monoisotopic (exact) mass is 365 g/mol. The van der Waals surface area contributed by atoms with Crippen LogP contribution in [-0.4, -0.2) is 29.8 Å². The largest absolute Gasteiger partial charge is 0.466 e. The fourth-order valence-electron chi connectivity index (χ4n) is 2.74. The van der Waals surface area contributed by atoms with E-state index in [0.29, 0.717) is 6.42 Å². The predicted octanol–water partition coefficient (Wildman–Crippen LogP) is 5.29. The molecule has 0 saturated carbocycles. The van der Waals surface area contributed by atoms with Crippen molar-refractivity contribution < 1.29 is 14.6 Å². The molecule has 1 N–H and O–H groups in total. The molecule has 26 heavy (non-hydrogen) atoms. The fourth-order valence-corrected chi connectivity index (χ4v) is 2.74. The molecular weight excluding hydrogens is 330 g/mol. The Morgan fingerprint density at radius 3 is 2.15 bits per heavy atom. The summed E-state index contributed by atoms with van der Waals surface area (Å²) in [5.41, 5.74) is 8.52. The minimum atomic E-state index is -1.14. The van der Waals surface area contributed by atoms with Crippen LogP contribution in [0.5, 0.6) is 0 Å². The number of aliphatic hydroxyl groups is 1. The van der Waals surface area contributed by atoms with E-state index in [2.05, 4.69) is 28.8 Å². The maximum Gasteiger partial charge on any atom is 0.317 e. The molecule has 0 saturated heterocycles. The molecular formula is C20H35N3O3. The van der Waals surface area contributed by atoms with Crippen LogP contribution in [0.3, 0.4) is 0 Å². The number of unbranched alkanes of at least 4 members (excludes halogenated alkanes) is 9. The number of rotatable bonds is 15. The third-order valence-electron chi connectivity index (χ3n) is 4.17. The number of azide groups is 1. The number of hydrogen-bond acceptors (Lipinski definition) is 4. The average molecular weight is 366 g/mol. The van der Waals surface area contributed by atoms with Crippen LogP contribution in [0.1, 0.15) is 90.9 Å². The third kappa shape index (κ3) is 13.6. The molecule has 0 amide bonds. The van der Waals surface area contributed by atoms with Gasteiger partial charge in [0.2, 0.25) is 0 Å². The van der Waals surface area contributed by atoms with Gasteiger partial charge in [-0.2, -0.15) is 0 Å². The highest BCUT2D eigenvalue weighted by atomic mass is 16.5. The molecule has 0 aromatic carbocycles. The molecule has 0 fully saturated rings. The molecule has 0 aliphatic rings. The smallest absolute Gasteiger partial charge is 0.317 e. The van der Waals surface area contributed by atoms with E-state index in [9.17, 15) is 9.90 Å². The van der Waals surface area contributed by atoms with E-state index >= 15 is 0 Å². The maximum absolute atomic E-state index is 11.7. The van der Waals surface area contributed by atoms with Crippen LogP contribution in [0.25, 0.3) is 10.4 Å². The lowest BCUT2D eigenvalue weighted by atomic mass is 10.0. The first-order valence-electron chi connectivity index (χ1n) is 10.0. The number of carbonyl (C=O) groups excluding carboxylic acids is 1. The van der Waals surface area contributed by atoms with Crippen molar-refractivity contribution in [3.8, 4) is 11.8 Å². The number of ether oxygens (including phenoxy) is 1. The van der Waals surface area contributed by atoms with Crippen LogP contribution >= 0.6 is 0 Å². The summed E-state index contributed by atoms with van der Waals surface area (Å²) in [4.78, 5) is 14.3. The van der Waals surface area contributed by atoms with Gasteiger partial charge in [0.25, 0.3) is 0 Å². The number of carbonyl (C=O) groups is 1. The Balaban J connectivity index is 3.63. The van der Waals surface area contributed by atoms with Gasteiger partial charge in [-0.25, -0.2) is 0 Å². The summed E-state index contributed by atoms with van der Waals surface area (Å²) < 4.78 is 4.83. The topological polar surface area (TPSA) is 95.3 Å². The van der Waals surface area contributed by atoms with E-state index in [1.165, 1.54) is 38.5 Å². The van der Waals surface area contributed by atoms with Crippen molar-refractivity contribution in [1.82, 2.24) is 0 Å². The zero-order chi connectivity index (χ0) is 19.5. The molecule has 6 heteroatoms. The van der Waals surface area contributed by atoms with Crippen molar-refractivity contribution in [3.63, 3.8) is 0 Å². The van der Waals surface area contributed by atoms with Crippen LogP contribution in [0.2, 0.25) is 0 Å². The second-order valence-electron chi connectivity index (χ2n) is 6.40. The van der Waals surface area contributed by atoms with Gasteiger partial charge in [-0.15, -0.1) is 11.8 Å². The molecule has 0 aliphatic carbocycles. The van der Waals surface area contributed by atoms with Gasteiger partial charge in [0.05, 0.1) is 12.7 Å². The van der Waals surface area contributed by atoms with Gasteiger partial charge in [0, 0.05) is 17.8 Å². The summed E-state index contributed by atoms with van der Waals surface area (Å²) >= 11 is 0. The van der Waals surface area contributed by atoms with Gasteiger partial charge in [-0.05, 0) is 25.3 Å². The standard InChI is InChI=1S/C20H35N3O3/c1-3-5-6-7-8-9-10-11-12-13-14-15-16-17-18(24)19(22-23-21)20(25)26-4-2/h18-19,24H,3-4,7-17H2,1-2H3/t18-,19-/m1/s1. The van der Waals surface area contributed by atoms with Gasteiger partial charge >= 0.3 is 5.97 Å². The highest BCUT2D eigenvalue weighted by molar-refractivity contribution is 5.76. The number of nitrogens with zero attached hydrogens (tertiary/aromatic N) is 3. The molecule has 0 aromatic heterocycles. The number of hydrogen-bond donors (Lipinski definition) is 1. The molecule has 148 valence electrons. The van der Waals surface area contributed by atoms with Crippen molar-refractivity contribution in [2.45, 2.75) is 103 Å². The van der Waals surface area contributed by atoms with Crippen molar-refractivity contribution in [1.29, 1.82) is 0 Å². The maximum atomic E-state index is 11.7. The van der Waals surface area contributed by atoms with Gasteiger partial charge in [0.15, 0.2) is 6.04 Å². The van der Waals surface area contributed by atoms with Crippen molar-refractivity contribution >= 4 is 5.97 Å². The summed E-state index contributed by atoms with van der Waals surface area (Å²) in [6, 6.07) is -1.14. The lowest BCUT2D eigenvalue weighted by Gasteiger charge is -2.16. The summed E-state index contributed by atoms with van der Waals surface area (Å²) in [5, 5.41) is 13.4. The second kappa shape index (κ2) is 18.1. The first-order chi connectivity index (χ1) is 12.7. The lowest BCUT2D eigenvalue weighted by molar-refractivity contribution is -0.147. The predicted molar refractivity (Wildman–Crippen MR) is 104 cm³/mol. The molecule has 0 spiro atoms. The minimum Gasteiger partial charge on any atom is -0.466 e. The highest BCUT2D eigenvalue weighted by Gasteiger charge is 2.26. The first kappa shape index (κ1) is 24.3. The van der Waals surface area contributed by atoms with Crippen LogP contribution in [0.15, 0.2) is 5.11 Å². The van der Waals surface area contributed by atoms with E-state index in [4.69, 9.17) is 10.3 Å². The molecule has 0 rings (SSSR count). The average Bonchev–Trinajstić information content (AvgIpc) is 2.63. The number of esters is 1. The van der Waals surface area contributed by atoms with Gasteiger partial charge in [0.1, 0.15) is 0 Å². The van der Waals surface area contributed by atoms with Crippen LogP contribution in [0.4, 0.5) is 0 Å². The molecule has 0 bridgehead atoms. The number of aliphatic hydroxyl groups excluding tert-OH is 1. The quantitative estimate of drug-likeness (QED) is 0.107. The normalized spacial score (nSPS) is 12.4. The summed E-state index contributed by atoms with van der Waals surface area (Å²) in [7, 11) is 0. The molecule has 6 nitrogen and oxygen atoms in total.